The van der Waals surface area contributed by atoms with Gasteiger partial charge in [-0.15, -0.1) is 0 Å². The molecule has 0 unspecified atom stereocenters. The number of nitrogens with zero attached hydrogens (tertiary/aromatic N) is 1. The van der Waals surface area contributed by atoms with E-state index in [0.29, 0.717) is 30.8 Å². The first-order valence-corrected chi connectivity index (χ1v) is 7.06. The number of amides is 1. The Bertz CT molecular complexity index is 783. The van der Waals surface area contributed by atoms with E-state index in [9.17, 15) is 22.4 Å². The summed E-state index contributed by atoms with van der Waals surface area (Å²) in [5, 5.41) is 0. The zero-order valence-electron chi connectivity index (χ0n) is 12.2. The fourth-order valence-electron chi connectivity index (χ4n) is 2.85. The molecule has 1 aliphatic rings. The molecule has 0 radical (unpaired) electrons. The van der Waals surface area contributed by atoms with E-state index < -0.39 is 23.5 Å². The summed E-state index contributed by atoms with van der Waals surface area (Å²) in [6.07, 6.45) is -4.18. The molecule has 2 nitrogen and oxygen atoms in total. The van der Waals surface area contributed by atoms with E-state index in [1.165, 1.54) is 4.90 Å². The zero-order chi connectivity index (χ0) is 16.8. The Kier molecular flexibility index (Phi) is 3.62. The second kappa shape index (κ2) is 5.37. The van der Waals surface area contributed by atoms with Crippen molar-refractivity contribution in [2.75, 3.05) is 11.4 Å². The lowest BCUT2D eigenvalue weighted by molar-refractivity contribution is -0.140. The molecular formula is C17H13F4NO. The fraction of sp³-hybridized carbons (Fsp3) is 0.235. The number of alkyl halides is 3. The van der Waals surface area contributed by atoms with E-state index in [2.05, 4.69) is 0 Å². The minimum absolute atomic E-state index is 0.173. The first-order chi connectivity index (χ1) is 10.8. The maximum atomic E-state index is 13.4. The minimum atomic E-state index is -4.83. The average molecular weight is 323 g/mol. The highest BCUT2D eigenvalue weighted by molar-refractivity contribution is 6.07. The molecule has 0 aliphatic carbocycles. The van der Waals surface area contributed by atoms with Crippen LogP contribution in [0.5, 0.6) is 0 Å². The monoisotopic (exact) mass is 323 g/mol. The van der Waals surface area contributed by atoms with Crippen LogP contribution in [0, 0.1) is 12.7 Å². The molecule has 0 saturated carbocycles. The van der Waals surface area contributed by atoms with Crippen LogP contribution in [0.4, 0.5) is 23.2 Å². The zero-order valence-corrected chi connectivity index (χ0v) is 12.2. The van der Waals surface area contributed by atoms with Gasteiger partial charge in [-0.05, 0) is 48.7 Å². The molecule has 0 bridgehead atoms. The Labute approximate surface area is 130 Å². The molecule has 0 N–H and O–H groups in total. The summed E-state index contributed by atoms with van der Waals surface area (Å²) < 4.78 is 51.7. The Hall–Kier alpha value is -2.37. The third-order valence-electron chi connectivity index (χ3n) is 4.03. The van der Waals surface area contributed by atoms with Crippen LogP contribution in [-0.4, -0.2) is 12.5 Å². The molecule has 2 aromatic rings. The summed E-state index contributed by atoms with van der Waals surface area (Å²) >= 11 is 0. The molecule has 1 amide bonds. The predicted molar refractivity (Wildman–Crippen MR) is 78.0 cm³/mol. The molecule has 1 heterocycles. The summed E-state index contributed by atoms with van der Waals surface area (Å²) in [5.41, 5.74) is 1.15. The number of carbonyl (C=O) groups excluding carboxylic acids is 1. The standard InChI is InChI=1S/C17H13F4NO/c1-10-3-2-4-15-12(10)7-8-22(15)16(23)11-5-6-14(18)13(9-11)17(19,20)21/h2-6,9H,7-8H2,1H3. The highest BCUT2D eigenvalue weighted by Crippen LogP contribution is 2.34. The van der Waals surface area contributed by atoms with Crippen molar-refractivity contribution >= 4 is 11.6 Å². The lowest BCUT2D eigenvalue weighted by Gasteiger charge is -2.18. The van der Waals surface area contributed by atoms with Crippen molar-refractivity contribution in [3.05, 3.63) is 64.5 Å². The topological polar surface area (TPSA) is 20.3 Å². The molecule has 23 heavy (non-hydrogen) atoms. The Balaban J connectivity index is 1.99. The van der Waals surface area contributed by atoms with Crippen molar-refractivity contribution in [1.82, 2.24) is 0 Å². The normalized spacial score (nSPS) is 14.0. The highest BCUT2D eigenvalue weighted by atomic mass is 19.4. The molecule has 0 fully saturated rings. The molecule has 0 spiro atoms. The predicted octanol–water partition coefficient (Wildman–Crippen LogP) is 4.36. The van der Waals surface area contributed by atoms with Crippen LogP contribution in [0.2, 0.25) is 0 Å². The van der Waals surface area contributed by atoms with Gasteiger partial charge in [0.15, 0.2) is 0 Å². The van der Waals surface area contributed by atoms with Gasteiger partial charge in [0, 0.05) is 17.8 Å². The molecule has 0 atom stereocenters. The third kappa shape index (κ3) is 2.69. The quantitative estimate of drug-likeness (QED) is 0.714. The summed E-state index contributed by atoms with van der Waals surface area (Å²) in [6, 6.07) is 7.83. The van der Waals surface area contributed by atoms with E-state index in [1.54, 1.807) is 12.1 Å². The van der Waals surface area contributed by atoms with Crippen LogP contribution in [0.25, 0.3) is 0 Å². The van der Waals surface area contributed by atoms with E-state index in [1.807, 2.05) is 13.0 Å². The van der Waals surface area contributed by atoms with Gasteiger partial charge in [-0.2, -0.15) is 13.2 Å². The van der Waals surface area contributed by atoms with Gasteiger partial charge in [0.1, 0.15) is 5.82 Å². The van der Waals surface area contributed by atoms with Crippen LogP contribution in [0.15, 0.2) is 36.4 Å². The van der Waals surface area contributed by atoms with Crippen LogP contribution in [0.1, 0.15) is 27.0 Å². The number of carbonyl (C=O) groups is 1. The number of benzene rings is 2. The van der Waals surface area contributed by atoms with Crippen molar-refractivity contribution in [3.63, 3.8) is 0 Å². The molecule has 0 saturated heterocycles. The van der Waals surface area contributed by atoms with E-state index >= 15 is 0 Å². The molecule has 0 aromatic heterocycles. The van der Waals surface area contributed by atoms with Gasteiger partial charge < -0.3 is 4.90 Å². The Morgan fingerprint density at radius 1 is 1.17 bits per heavy atom. The molecule has 2 aromatic carbocycles. The summed E-state index contributed by atoms with van der Waals surface area (Å²) in [5.74, 6) is -1.94. The Morgan fingerprint density at radius 2 is 1.91 bits per heavy atom. The van der Waals surface area contributed by atoms with Crippen LogP contribution < -0.4 is 4.90 Å². The summed E-state index contributed by atoms with van der Waals surface area (Å²) in [6.45, 7) is 2.32. The van der Waals surface area contributed by atoms with Crippen LogP contribution >= 0.6 is 0 Å². The van der Waals surface area contributed by atoms with Gasteiger partial charge in [0.25, 0.3) is 5.91 Å². The first kappa shape index (κ1) is 15.5. The second-order valence-electron chi connectivity index (χ2n) is 5.47. The van der Waals surface area contributed by atoms with Gasteiger partial charge in [-0.1, -0.05) is 12.1 Å². The lowest BCUT2D eigenvalue weighted by atomic mass is 10.1. The fourth-order valence-corrected chi connectivity index (χ4v) is 2.85. The summed E-state index contributed by atoms with van der Waals surface area (Å²) in [7, 11) is 0. The number of hydrogen-bond acceptors (Lipinski definition) is 1. The maximum Gasteiger partial charge on any atom is 0.419 e. The molecular weight excluding hydrogens is 310 g/mol. The number of rotatable bonds is 1. The average Bonchev–Trinajstić information content (AvgIpc) is 2.91. The smallest absolute Gasteiger partial charge is 0.308 e. The van der Waals surface area contributed by atoms with Gasteiger partial charge >= 0.3 is 6.18 Å². The first-order valence-electron chi connectivity index (χ1n) is 7.06. The highest BCUT2D eigenvalue weighted by Gasteiger charge is 2.35. The van der Waals surface area contributed by atoms with Crippen LogP contribution in [-0.2, 0) is 12.6 Å². The lowest BCUT2D eigenvalue weighted by Crippen LogP contribution is -2.29. The van der Waals surface area contributed by atoms with Gasteiger partial charge in [0.2, 0.25) is 0 Å². The maximum absolute atomic E-state index is 13.4. The van der Waals surface area contributed by atoms with Crippen LogP contribution in [0.3, 0.4) is 0 Å². The van der Waals surface area contributed by atoms with Crippen molar-refractivity contribution in [2.45, 2.75) is 19.5 Å². The van der Waals surface area contributed by atoms with Gasteiger partial charge in [-0.3, -0.25) is 4.79 Å². The van der Waals surface area contributed by atoms with E-state index in [0.717, 1.165) is 17.2 Å². The third-order valence-corrected chi connectivity index (χ3v) is 4.03. The minimum Gasteiger partial charge on any atom is -0.308 e. The van der Waals surface area contributed by atoms with Crippen molar-refractivity contribution in [2.24, 2.45) is 0 Å². The Morgan fingerprint density at radius 3 is 2.61 bits per heavy atom. The summed E-state index contributed by atoms with van der Waals surface area (Å²) in [4.78, 5) is 14.0. The largest absolute Gasteiger partial charge is 0.419 e. The molecule has 6 heteroatoms. The number of anilines is 1. The van der Waals surface area contributed by atoms with Gasteiger partial charge in [-0.25, -0.2) is 4.39 Å². The SMILES string of the molecule is Cc1cccc2c1CCN2C(=O)c1ccc(F)c(C(F)(F)F)c1. The van der Waals surface area contributed by atoms with Crippen molar-refractivity contribution in [1.29, 1.82) is 0 Å². The van der Waals surface area contributed by atoms with Crippen molar-refractivity contribution in [3.8, 4) is 0 Å². The van der Waals surface area contributed by atoms with Gasteiger partial charge in [0.05, 0.1) is 5.56 Å². The number of halogens is 4. The number of fused-ring (bicyclic) bond motifs is 1. The van der Waals surface area contributed by atoms with E-state index in [-0.39, 0.29) is 5.56 Å². The number of aryl methyl sites for hydroxylation is 1. The molecule has 1 aliphatic heterocycles. The van der Waals surface area contributed by atoms with Crippen molar-refractivity contribution < 1.29 is 22.4 Å². The molecule has 3 rings (SSSR count). The van der Waals surface area contributed by atoms with E-state index in [4.69, 9.17) is 0 Å². The molecule has 120 valence electrons. The number of hydrogen-bond donors (Lipinski definition) is 0. The second-order valence-corrected chi connectivity index (χ2v) is 5.47.